The molecule has 2 heterocycles. The minimum Gasteiger partial charge on any atom is -0.486 e. The largest absolute Gasteiger partial charge is 0.486 e. The van der Waals surface area contributed by atoms with Crippen molar-refractivity contribution in [3.05, 3.63) is 47.5 Å². The van der Waals surface area contributed by atoms with Gasteiger partial charge in [-0.2, -0.15) is 18.4 Å². The highest BCUT2D eigenvalue weighted by molar-refractivity contribution is 7.81. The van der Waals surface area contributed by atoms with Crippen LogP contribution >= 0.6 is 12.2 Å². The monoisotopic (exact) mass is 503 g/mol. The minimum atomic E-state index is -4.76. The second-order valence-electron chi connectivity index (χ2n) is 8.82. The van der Waals surface area contributed by atoms with Crippen LogP contribution in [0.4, 0.5) is 24.5 Å². The van der Waals surface area contributed by atoms with E-state index in [1.54, 1.807) is 36.1 Å². The first-order valence-corrected chi connectivity index (χ1v) is 11.4. The number of nitriles is 1. The van der Waals surface area contributed by atoms with Crippen LogP contribution in [0.15, 0.2) is 36.4 Å². The second kappa shape index (κ2) is 8.10. The van der Waals surface area contributed by atoms with Gasteiger partial charge in [0, 0.05) is 11.8 Å². The van der Waals surface area contributed by atoms with Gasteiger partial charge in [-0.05, 0) is 68.7 Å². The van der Waals surface area contributed by atoms with E-state index in [1.165, 1.54) is 6.07 Å². The summed E-state index contributed by atoms with van der Waals surface area (Å²) in [5, 5.41) is 18.9. The SMILES string of the molecule is C[C@@H](O)[C@@H]1COc2cc(N3C(=S)N(c4ccc(C#N)c(C(F)(F)F)c4)C(=O)C34CCC4)ccc2O1. The van der Waals surface area contributed by atoms with Gasteiger partial charge in [0.1, 0.15) is 12.1 Å². The molecule has 1 saturated carbocycles. The lowest BCUT2D eigenvalue weighted by Crippen LogP contribution is -2.55. The average Bonchev–Trinajstić information content (AvgIpc) is 3.04. The molecule has 1 spiro atoms. The molecule has 5 rings (SSSR count). The zero-order valence-electron chi connectivity index (χ0n) is 18.5. The molecule has 1 amide bonds. The van der Waals surface area contributed by atoms with Gasteiger partial charge in [-0.3, -0.25) is 9.69 Å². The zero-order chi connectivity index (χ0) is 25.1. The van der Waals surface area contributed by atoms with Crippen LogP contribution in [0.1, 0.15) is 37.3 Å². The maximum Gasteiger partial charge on any atom is 0.417 e. The lowest BCUT2D eigenvalue weighted by molar-refractivity contribution is -0.137. The lowest BCUT2D eigenvalue weighted by Gasteiger charge is -2.43. The summed E-state index contributed by atoms with van der Waals surface area (Å²) in [4.78, 5) is 16.4. The molecule has 1 saturated heterocycles. The van der Waals surface area contributed by atoms with E-state index < -0.39 is 41.0 Å². The summed E-state index contributed by atoms with van der Waals surface area (Å²) >= 11 is 5.64. The molecule has 2 fully saturated rings. The molecule has 2 aromatic rings. The molecule has 0 aromatic heterocycles. The highest BCUT2D eigenvalue weighted by Gasteiger charge is 2.59. The van der Waals surface area contributed by atoms with E-state index in [0.29, 0.717) is 30.0 Å². The summed E-state index contributed by atoms with van der Waals surface area (Å²) in [6, 6.07) is 9.72. The number of aliphatic hydroxyl groups excluding tert-OH is 1. The highest BCUT2D eigenvalue weighted by Crippen LogP contribution is 2.49. The maximum absolute atomic E-state index is 13.6. The van der Waals surface area contributed by atoms with Gasteiger partial charge in [-0.25, -0.2) is 0 Å². The first kappa shape index (κ1) is 23.4. The number of hydrogen-bond donors (Lipinski definition) is 1. The van der Waals surface area contributed by atoms with E-state index in [-0.39, 0.29) is 17.4 Å². The number of alkyl halides is 3. The Balaban J connectivity index is 1.54. The Morgan fingerprint density at radius 2 is 1.91 bits per heavy atom. The normalized spacial score (nSPS) is 21.7. The first-order chi connectivity index (χ1) is 16.6. The summed E-state index contributed by atoms with van der Waals surface area (Å²) < 4.78 is 52.2. The Bertz CT molecular complexity index is 1270. The van der Waals surface area contributed by atoms with Crippen LogP contribution in [0, 0.1) is 11.3 Å². The van der Waals surface area contributed by atoms with Gasteiger partial charge in [0.05, 0.1) is 29.0 Å². The maximum atomic E-state index is 13.6. The Hall–Kier alpha value is -3.36. The molecule has 1 aliphatic carbocycles. The van der Waals surface area contributed by atoms with Crippen LogP contribution < -0.4 is 19.3 Å². The number of carbonyl (C=O) groups is 1. The third-order valence-corrected chi connectivity index (χ3v) is 7.05. The number of anilines is 2. The van der Waals surface area contributed by atoms with Crippen molar-refractivity contribution in [2.24, 2.45) is 0 Å². The second-order valence-corrected chi connectivity index (χ2v) is 9.19. The number of carbonyl (C=O) groups excluding carboxylic acids is 1. The van der Waals surface area contributed by atoms with Gasteiger partial charge in [-0.15, -0.1) is 0 Å². The molecule has 0 unspecified atom stereocenters. The van der Waals surface area contributed by atoms with Crippen molar-refractivity contribution in [2.45, 2.75) is 50.1 Å². The smallest absolute Gasteiger partial charge is 0.417 e. The molecule has 11 heteroatoms. The number of rotatable bonds is 3. The van der Waals surface area contributed by atoms with Crippen molar-refractivity contribution in [3.8, 4) is 17.6 Å². The van der Waals surface area contributed by atoms with Crippen LogP contribution in [0.2, 0.25) is 0 Å². The lowest BCUT2D eigenvalue weighted by atomic mass is 9.75. The number of thiocarbonyl (C=S) groups is 1. The molecule has 2 atom stereocenters. The molecular formula is C24H20F3N3O4S. The van der Waals surface area contributed by atoms with Gasteiger partial charge >= 0.3 is 6.18 Å². The van der Waals surface area contributed by atoms with Gasteiger partial charge in [0.2, 0.25) is 0 Å². The van der Waals surface area contributed by atoms with Gasteiger partial charge in [0.15, 0.2) is 22.7 Å². The first-order valence-electron chi connectivity index (χ1n) is 11.0. The van der Waals surface area contributed by atoms with E-state index in [4.69, 9.17) is 27.0 Å². The Morgan fingerprint density at radius 3 is 2.51 bits per heavy atom. The van der Waals surface area contributed by atoms with Crippen LogP contribution in [0.3, 0.4) is 0 Å². The molecule has 2 aliphatic heterocycles. The molecule has 35 heavy (non-hydrogen) atoms. The number of amides is 1. The predicted octanol–water partition coefficient (Wildman–Crippen LogP) is 4.16. The van der Waals surface area contributed by atoms with E-state index in [2.05, 4.69) is 0 Å². The van der Waals surface area contributed by atoms with Crippen molar-refractivity contribution in [1.29, 1.82) is 5.26 Å². The van der Waals surface area contributed by atoms with Gasteiger partial charge in [0.25, 0.3) is 5.91 Å². The molecular weight excluding hydrogens is 483 g/mol. The molecule has 2 aromatic carbocycles. The van der Waals surface area contributed by atoms with Crippen molar-refractivity contribution in [2.75, 3.05) is 16.4 Å². The summed E-state index contributed by atoms with van der Waals surface area (Å²) in [6.07, 6.45) is -4.27. The third-order valence-electron chi connectivity index (χ3n) is 6.68. The fraction of sp³-hybridized carbons (Fsp3) is 0.375. The summed E-state index contributed by atoms with van der Waals surface area (Å²) in [5.74, 6) is 0.444. The molecule has 0 radical (unpaired) electrons. The number of fused-ring (bicyclic) bond motifs is 1. The number of hydrogen-bond acceptors (Lipinski definition) is 6. The van der Waals surface area contributed by atoms with Crippen LogP contribution in [0.5, 0.6) is 11.5 Å². The highest BCUT2D eigenvalue weighted by atomic mass is 32.1. The van der Waals surface area contributed by atoms with E-state index >= 15 is 0 Å². The van der Waals surface area contributed by atoms with Crippen molar-refractivity contribution in [3.63, 3.8) is 0 Å². The average molecular weight is 504 g/mol. The van der Waals surface area contributed by atoms with Gasteiger partial charge < -0.3 is 19.5 Å². The molecule has 0 bridgehead atoms. The van der Waals surface area contributed by atoms with Crippen LogP contribution in [0.25, 0.3) is 0 Å². The summed E-state index contributed by atoms with van der Waals surface area (Å²) in [7, 11) is 0. The van der Waals surface area contributed by atoms with Crippen molar-refractivity contribution < 1.29 is 32.5 Å². The number of benzene rings is 2. The summed E-state index contributed by atoms with van der Waals surface area (Å²) in [6.45, 7) is 1.74. The van der Waals surface area contributed by atoms with E-state index in [0.717, 1.165) is 23.5 Å². The number of aliphatic hydroxyl groups is 1. The third kappa shape index (κ3) is 3.59. The standard InChI is InChI=1S/C24H20F3N3O4S/c1-13(31)20-12-33-19-10-16(5-6-18(19)34-20)30-22(35)29(21(32)23(30)7-2-8-23)15-4-3-14(11-28)17(9-15)24(25,26)27/h3-6,9-10,13,20,31H,2,7-8,12H2,1H3/t13-,20+/m1/s1. The quantitative estimate of drug-likeness (QED) is 0.630. The predicted molar refractivity (Wildman–Crippen MR) is 123 cm³/mol. The number of ether oxygens (including phenoxy) is 2. The zero-order valence-corrected chi connectivity index (χ0v) is 19.3. The van der Waals surface area contributed by atoms with Crippen molar-refractivity contribution in [1.82, 2.24) is 0 Å². The van der Waals surface area contributed by atoms with Crippen molar-refractivity contribution >= 4 is 34.6 Å². The number of nitrogens with zero attached hydrogens (tertiary/aromatic N) is 3. The Labute approximate surface area is 204 Å². The molecule has 7 nitrogen and oxygen atoms in total. The van der Waals surface area contributed by atoms with Crippen LogP contribution in [-0.4, -0.2) is 40.5 Å². The Kier molecular flexibility index (Phi) is 5.41. The number of halogens is 3. The fourth-order valence-corrected chi connectivity index (χ4v) is 5.13. The molecule has 1 N–H and O–H groups in total. The topological polar surface area (TPSA) is 86.0 Å². The molecule has 3 aliphatic rings. The van der Waals surface area contributed by atoms with E-state index in [1.807, 2.05) is 0 Å². The summed E-state index contributed by atoms with van der Waals surface area (Å²) in [5.41, 5.74) is -2.15. The Morgan fingerprint density at radius 1 is 1.20 bits per heavy atom. The minimum absolute atomic E-state index is 0.0441. The van der Waals surface area contributed by atoms with E-state index in [9.17, 15) is 23.1 Å². The fourth-order valence-electron chi connectivity index (χ4n) is 4.66. The van der Waals surface area contributed by atoms with Gasteiger partial charge in [-0.1, -0.05) is 0 Å². The molecule has 182 valence electrons. The van der Waals surface area contributed by atoms with Crippen LogP contribution in [-0.2, 0) is 11.0 Å².